The molecule has 1 amide bonds. The van der Waals surface area contributed by atoms with Crippen molar-refractivity contribution in [1.29, 1.82) is 0 Å². The highest BCUT2D eigenvalue weighted by molar-refractivity contribution is 7.93. The van der Waals surface area contributed by atoms with Gasteiger partial charge in [-0.2, -0.15) is 0 Å². The van der Waals surface area contributed by atoms with Gasteiger partial charge in [0.25, 0.3) is 5.91 Å². The first-order valence-electron chi connectivity index (χ1n) is 12.4. The summed E-state index contributed by atoms with van der Waals surface area (Å²) in [6.45, 7) is 1.28. The Bertz CT molecular complexity index is 1190. The fourth-order valence-corrected chi connectivity index (χ4v) is 6.71. The van der Waals surface area contributed by atoms with E-state index in [2.05, 4.69) is 0 Å². The molecule has 2 aliphatic rings. The minimum absolute atomic E-state index is 0.0520. The number of benzene rings is 2. The second-order valence-corrected chi connectivity index (χ2v) is 12.1. The zero-order valence-electron chi connectivity index (χ0n) is 20.5. The van der Waals surface area contributed by atoms with Crippen molar-refractivity contribution in [3.63, 3.8) is 0 Å². The van der Waals surface area contributed by atoms with E-state index in [1.807, 2.05) is 6.92 Å². The molecule has 1 aliphatic carbocycles. The van der Waals surface area contributed by atoms with Crippen LogP contribution in [0.5, 0.6) is 0 Å². The van der Waals surface area contributed by atoms with E-state index in [0.717, 1.165) is 9.87 Å². The summed E-state index contributed by atoms with van der Waals surface area (Å²) in [4.78, 5) is 15.3. The maximum Gasteiger partial charge on any atom is 0.252 e. The van der Waals surface area contributed by atoms with Gasteiger partial charge in [0.15, 0.2) is 0 Å². The molecular formula is C26H32ClFN2O6S. The molecule has 8 nitrogen and oxygen atoms in total. The number of para-hydroxylation sites is 1. The molecule has 2 aromatic carbocycles. The number of nitrogens with zero attached hydrogens (tertiary/aromatic N) is 2. The van der Waals surface area contributed by atoms with Gasteiger partial charge in [0.1, 0.15) is 11.9 Å². The van der Waals surface area contributed by atoms with Crippen molar-refractivity contribution in [2.45, 2.75) is 62.1 Å². The van der Waals surface area contributed by atoms with Gasteiger partial charge in [-0.25, -0.2) is 12.8 Å². The molecule has 1 heterocycles. The van der Waals surface area contributed by atoms with Gasteiger partial charge >= 0.3 is 0 Å². The summed E-state index contributed by atoms with van der Waals surface area (Å²) in [6.07, 6.45) is -0.859. The molecule has 3 unspecified atom stereocenters. The number of sulfonamides is 1. The average molecular weight is 555 g/mol. The molecule has 202 valence electrons. The fourth-order valence-electron chi connectivity index (χ4n) is 4.69. The van der Waals surface area contributed by atoms with E-state index in [0.29, 0.717) is 24.3 Å². The van der Waals surface area contributed by atoms with E-state index < -0.39 is 57.9 Å². The molecule has 0 spiro atoms. The van der Waals surface area contributed by atoms with Crippen molar-refractivity contribution in [1.82, 2.24) is 4.90 Å². The van der Waals surface area contributed by atoms with Crippen molar-refractivity contribution >= 4 is 33.2 Å². The summed E-state index contributed by atoms with van der Waals surface area (Å²) >= 11 is 6.07. The van der Waals surface area contributed by atoms with Crippen molar-refractivity contribution in [3.8, 4) is 0 Å². The van der Waals surface area contributed by atoms with Crippen LogP contribution in [0.2, 0.25) is 5.02 Å². The van der Waals surface area contributed by atoms with Crippen LogP contribution >= 0.6 is 11.6 Å². The fraction of sp³-hybridized carbons (Fsp3) is 0.500. The number of hydrogen-bond donors (Lipinski definition) is 2. The first kappa shape index (κ1) is 27.8. The minimum Gasteiger partial charge on any atom is -0.394 e. The molecule has 11 heteroatoms. The molecule has 1 aliphatic heterocycles. The highest BCUT2D eigenvalue weighted by Gasteiger charge is 2.45. The van der Waals surface area contributed by atoms with E-state index in [9.17, 15) is 27.8 Å². The van der Waals surface area contributed by atoms with E-state index in [-0.39, 0.29) is 25.3 Å². The van der Waals surface area contributed by atoms with E-state index in [4.69, 9.17) is 16.3 Å². The van der Waals surface area contributed by atoms with Crippen LogP contribution in [0.1, 0.15) is 44.2 Å². The Morgan fingerprint density at radius 2 is 1.86 bits per heavy atom. The molecule has 0 aromatic heterocycles. The van der Waals surface area contributed by atoms with Crippen molar-refractivity contribution in [3.05, 3.63) is 64.9 Å². The van der Waals surface area contributed by atoms with Crippen LogP contribution in [0.4, 0.5) is 10.1 Å². The maximum absolute atomic E-state index is 14.9. The number of halogens is 2. The predicted octanol–water partition coefficient (Wildman–Crippen LogP) is 3.27. The molecule has 2 N–H and O–H groups in total. The van der Waals surface area contributed by atoms with Gasteiger partial charge in [0.2, 0.25) is 10.0 Å². The van der Waals surface area contributed by atoms with E-state index >= 15 is 0 Å². The van der Waals surface area contributed by atoms with Crippen LogP contribution in [0, 0.1) is 5.82 Å². The molecule has 4 atom stereocenters. The predicted molar refractivity (Wildman–Crippen MR) is 138 cm³/mol. The van der Waals surface area contributed by atoms with Gasteiger partial charge in [-0.05, 0) is 49.1 Å². The zero-order chi connectivity index (χ0) is 26.7. The summed E-state index contributed by atoms with van der Waals surface area (Å²) in [5, 5.41) is 19.2. The molecule has 1 saturated carbocycles. The second kappa shape index (κ2) is 11.7. The van der Waals surface area contributed by atoms with Crippen LogP contribution in [-0.4, -0.2) is 72.7 Å². The number of ether oxygens (including phenoxy) is 1. The van der Waals surface area contributed by atoms with Crippen LogP contribution in [0.3, 0.4) is 0 Å². The molecule has 2 aromatic rings. The van der Waals surface area contributed by atoms with Gasteiger partial charge in [-0.1, -0.05) is 42.8 Å². The Morgan fingerprint density at radius 3 is 2.46 bits per heavy atom. The Morgan fingerprint density at radius 1 is 1.19 bits per heavy atom. The monoisotopic (exact) mass is 554 g/mol. The van der Waals surface area contributed by atoms with Crippen LogP contribution in [-0.2, 0) is 19.6 Å². The van der Waals surface area contributed by atoms with E-state index in [1.165, 1.54) is 18.2 Å². The van der Waals surface area contributed by atoms with Crippen LogP contribution < -0.4 is 4.31 Å². The standard InChI is InChI=1S/C26H32ClFN2O6S/c1-2-19(14-29(37(34,35)21-11-12-21)23-6-4-3-5-22(23)28)30-24(17-7-9-18(27)10-8-17)16-36-25(26(30)33)13-20(32)15-31/h3-10,19-21,24-25,31-32H,2,11-16H2,1H3/t19?,20?,24?,25-/m0/s1. The Balaban J connectivity index is 1.72. The quantitative estimate of drug-likeness (QED) is 0.441. The smallest absolute Gasteiger partial charge is 0.252 e. The largest absolute Gasteiger partial charge is 0.394 e. The lowest BCUT2D eigenvalue weighted by Gasteiger charge is -2.45. The van der Waals surface area contributed by atoms with Gasteiger partial charge < -0.3 is 19.8 Å². The number of aliphatic hydroxyl groups is 2. The van der Waals surface area contributed by atoms with Gasteiger partial charge in [0.05, 0.1) is 48.9 Å². The van der Waals surface area contributed by atoms with E-state index in [1.54, 1.807) is 35.2 Å². The summed E-state index contributed by atoms with van der Waals surface area (Å²) in [6, 6.07) is 11.5. The molecule has 4 rings (SSSR count). The third-order valence-corrected chi connectivity index (χ3v) is 9.41. The number of morpholine rings is 1. The van der Waals surface area contributed by atoms with Gasteiger partial charge in [-0.15, -0.1) is 0 Å². The summed E-state index contributed by atoms with van der Waals surface area (Å²) in [5.41, 5.74) is 0.698. The third-order valence-electron chi connectivity index (χ3n) is 6.89. The SMILES string of the molecule is CCC(CN(c1ccccc1F)S(=O)(=O)C1CC1)N1C(=O)[C@H](CC(O)CO)OCC1c1ccc(Cl)cc1. The number of aliphatic hydroxyl groups excluding tert-OH is 2. The first-order chi connectivity index (χ1) is 17.7. The molecular weight excluding hydrogens is 523 g/mol. The molecule has 0 radical (unpaired) electrons. The zero-order valence-corrected chi connectivity index (χ0v) is 22.1. The number of hydrogen-bond acceptors (Lipinski definition) is 6. The average Bonchev–Trinajstić information content (AvgIpc) is 3.74. The molecule has 37 heavy (non-hydrogen) atoms. The minimum atomic E-state index is -3.86. The summed E-state index contributed by atoms with van der Waals surface area (Å²) in [5.74, 6) is -1.09. The highest BCUT2D eigenvalue weighted by atomic mass is 35.5. The molecule has 1 saturated heterocycles. The number of amides is 1. The topological polar surface area (TPSA) is 107 Å². The Labute approximate surface area is 221 Å². The lowest BCUT2D eigenvalue weighted by molar-refractivity contribution is -0.167. The second-order valence-electron chi connectivity index (χ2n) is 9.50. The van der Waals surface area contributed by atoms with Gasteiger partial charge in [0, 0.05) is 11.4 Å². The Hall–Kier alpha value is -2.24. The lowest BCUT2D eigenvalue weighted by atomic mass is 9.98. The van der Waals surface area contributed by atoms with Crippen molar-refractivity contribution < 1.29 is 32.6 Å². The lowest BCUT2D eigenvalue weighted by Crippen LogP contribution is -2.57. The number of anilines is 1. The van der Waals surface area contributed by atoms with Crippen molar-refractivity contribution in [2.24, 2.45) is 0 Å². The normalized spacial score (nSPS) is 22.1. The van der Waals surface area contributed by atoms with Crippen LogP contribution in [0.15, 0.2) is 48.5 Å². The Kier molecular flexibility index (Phi) is 8.75. The molecule has 0 bridgehead atoms. The summed E-state index contributed by atoms with van der Waals surface area (Å²) in [7, 11) is -3.86. The molecule has 2 fully saturated rings. The van der Waals surface area contributed by atoms with Crippen molar-refractivity contribution in [2.75, 3.05) is 24.1 Å². The number of rotatable bonds is 11. The maximum atomic E-state index is 14.9. The number of carbonyl (C=O) groups is 1. The van der Waals surface area contributed by atoms with Gasteiger partial charge in [-0.3, -0.25) is 9.10 Å². The number of carbonyl (C=O) groups excluding carboxylic acids is 1. The first-order valence-corrected chi connectivity index (χ1v) is 14.3. The highest BCUT2D eigenvalue weighted by Crippen LogP contribution is 2.37. The van der Waals surface area contributed by atoms with Crippen LogP contribution in [0.25, 0.3) is 0 Å². The summed E-state index contributed by atoms with van der Waals surface area (Å²) < 4.78 is 48.7. The third kappa shape index (κ3) is 6.09.